The highest BCUT2D eigenvalue weighted by Crippen LogP contribution is 2.33. The van der Waals surface area contributed by atoms with Crippen LogP contribution in [0.15, 0.2) is 23.3 Å². The van der Waals surface area contributed by atoms with Crippen LogP contribution in [0.1, 0.15) is 19.4 Å². The summed E-state index contributed by atoms with van der Waals surface area (Å²) in [6.07, 6.45) is -2.71. The molecule has 0 aliphatic carbocycles. The maximum Gasteiger partial charge on any atom is 0.421 e. The Morgan fingerprint density at radius 1 is 1.28 bits per heavy atom. The first-order valence-electron chi connectivity index (χ1n) is 6.98. The monoisotopic (exact) mass is 353 g/mol. The minimum atomic E-state index is -4.60. The summed E-state index contributed by atoms with van der Waals surface area (Å²) in [4.78, 5) is 19.4. The normalized spacial score (nSPS) is 11.7. The fourth-order valence-electron chi connectivity index (χ4n) is 1.91. The first-order valence-corrected chi connectivity index (χ1v) is 6.98. The third-order valence-corrected chi connectivity index (χ3v) is 3.19. The molecule has 25 heavy (non-hydrogen) atoms. The zero-order valence-electron chi connectivity index (χ0n) is 13.5. The van der Waals surface area contributed by atoms with E-state index in [4.69, 9.17) is 5.26 Å². The average Bonchev–Trinajstić information content (AvgIpc) is 2.53. The minimum Gasteiger partial charge on any atom is -0.372 e. The second-order valence-corrected chi connectivity index (χ2v) is 5.49. The Hall–Kier alpha value is -3.16. The van der Waals surface area contributed by atoms with Gasteiger partial charge in [0, 0.05) is 19.3 Å². The molecule has 2 aromatic heterocycles. The van der Waals surface area contributed by atoms with Crippen LogP contribution in [-0.4, -0.2) is 26.8 Å². The summed E-state index contributed by atoms with van der Waals surface area (Å²) in [5.74, 6) is -0.548. The molecule has 0 aromatic carbocycles. The quantitative estimate of drug-likeness (QED) is 0.866. The van der Waals surface area contributed by atoms with E-state index in [1.54, 1.807) is 0 Å². The minimum absolute atomic E-state index is 0.143. The van der Waals surface area contributed by atoms with Crippen molar-refractivity contribution in [3.63, 3.8) is 0 Å². The molecule has 0 saturated carbocycles. The molecule has 2 aromatic rings. The first kappa shape index (κ1) is 18.2. The zero-order valence-corrected chi connectivity index (χ0v) is 13.5. The molecule has 2 heterocycles. The van der Waals surface area contributed by atoms with Gasteiger partial charge < -0.3 is 10.6 Å². The van der Waals surface area contributed by atoms with Crippen molar-refractivity contribution in [3.8, 4) is 6.07 Å². The SMILES string of the molecule is CNc1nc(Nc2cnn(C(C)(C)C#N)c(=O)c2)ncc1C(F)(F)F. The van der Waals surface area contributed by atoms with Crippen LogP contribution in [0.4, 0.5) is 30.6 Å². The molecule has 8 nitrogen and oxygen atoms in total. The van der Waals surface area contributed by atoms with E-state index in [0.717, 1.165) is 10.7 Å². The van der Waals surface area contributed by atoms with Gasteiger partial charge >= 0.3 is 6.18 Å². The lowest BCUT2D eigenvalue weighted by atomic mass is 10.1. The lowest BCUT2D eigenvalue weighted by Crippen LogP contribution is -2.36. The number of halogens is 3. The number of alkyl halides is 3. The van der Waals surface area contributed by atoms with Crippen LogP contribution in [0.3, 0.4) is 0 Å². The number of nitriles is 1. The third-order valence-electron chi connectivity index (χ3n) is 3.19. The van der Waals surface area contributed by atoms with Crippen molar-refractivity contribution >= 4 is 17.5 Å². The molecule has 2 N–H and O–H groups in total. The van der Waals surface area contributed by atoms with Crippen molar-refractivity contribution < 1.29 is 13.2 Å². The molecular formula is C14H14F3N7O. The highest BCUT2D eigenvalue weighted by atomic mass is 19.4. The van der Waals surface area contributed by atoms with E-state index in [-0.39, 0.29) is 11.6 Å². The summed E-state index contributed by atoms with van der Waals surface area (Å²) in [7, 11) is 1.30. The lowest BCUT2D eigenvalue weighted by molar-refractivity contribution is -0.137. The standard InChI is InChI=1S/C14H14F3N7O/c1-13(2,7-18)24-10(25)4-8(5-21-24)22-12-20-6-9(14(15,16)17)11(19-3)23-12/h4-6H,1-3H3,(H2,19,20,22,23). The molecule has 0 atom stereocenters. The Balaban J connectivity index is 2.34. The first-order chi connectivity index (χ1) is 11.6. The van der Waals surface area contributed by atoms with Crippen molar-refractivity contribution in [1.29, 1.82) is 5.26 Å². The fraction of sp³-hybridized carbons (Fsp3) is 0.357. The number of aromatic nitrogens is 4. The predicted molar refractivity (Wildman–Crippen MR) is 83.3 cm³/mol. The molecule has 0 radical (unpaired) electrons. The summed E-state index contributed by atoms with van der Waals surface area (Å²) in [6.45, 7) is 3.04. The Morgan fingerprint density at radius 2 is 1.96 bits per heavy atom. The molecular weight excluding hydrogens is 339 g/mol. The van der Waals surface area contributed by atoms with Gasteiger partial charge in [0.15, 0.2) is 0 Å². The smallest absolute Gasteiger partial charge is 0.372 e. The maximum atomic E-state index is 12.8. The molecule has 0 bridgehead atoms. The molecule has 132 valence electrons. The van der Waals surface area contributed by atoms with Gasteiger partial charge in [0.05, 0.1) is 18.0 Å². The van der Waals surface area contributed by atoms with Crippen LogP contribution < -0.4 is 16.2 Å². The second kappa shape index (κ2) is 6.39. The van der Waals surface area contributed by atoms with E-state index in [1.165, 1.54) is 27.1 Å². The molecule has 0 spiro atoms. The number of nitrogens with zero attached hydrogens (tertiary/aromatic N) is 5. The number of hydrogen-bond acceptors (Lipinski definition) is 7. The number of rotatable bonds is 4. The van der Waals surface area contributed by atoms with Gasteiger partial charge in [-0.05, 0) is 13.8 Å². The van der Waals surface area contributed by atoms with Gasteiger partial charge in [-0.3, -0.25) is 4.79 Å². The zero-order chi connectivity index (χ0) is 18.8. The van der Waals surface area contributed by atoms with Gasteiger partial charge in [-0.25, -0.2) is 9.67 Å². The highest BCUT2D eigenvalue weighted by molar-refractivity contribution is 5.55. The van der Waals surface area contributed by atoms with Gasteiger partial charge in [0.2, 0.25) is 5.95 Å². The summed E-state index contributed by atoms with van der Waals surface area (Å²) in [6, 6.07) is 3.09. The van der Waals surface area contributed by atoms with Crippen LogP contribution in [0.2, 0.25) is 0 Å². The molecule has 0 amide bonds. The van der Waals surface area contributed by atoms with E-state index in [2.05, 4.69) is 25.7 Å². The van der Waals surface area contributed by atoms with E-state index < -0.39 is 28.7 Å². The molecule has 0 aliphatic rings. The highest BCUT2D eigenvalue weighted by Gasteiger charge is 2.35. The van der Waals surface area contributed by atoms with Gasteiger partial charge in [-0.15, -0.1) is 0 Å². The Bertz CT molecular complexity index is 883. The lowest BCUT2D eigenvalue weighted by Gasteiger charge is -2.17. The van der Waals surface area contributed by atoms with Crippen molar-refractivity contribution in [1.82, 2.24) is 19.7 Å². The Kier molecular flexibility index (Phi) is 4.64. The summed E-state index contributed by atoms with van der Waals surface area (Å²) in [5.41, 5.74) is -2.53. The van der Waals surface area contributed by atoms with Crippen molar-refractivity contribution in [2.45, 2.75) is 25.6 Å². The number of nitrogens with one attached hydrogen (secondary N) is 2. The van der Waals surface area contributed by atoms with Crippen LogP contribution in [0, 0.1) is 11.3 Å². The van der Waals surface area contributed by atoms with Gasteiger partial charge in [-0.1, -0.05) is 0 Å². The largest absolute Gasteiger partial charge is 0.421 e. The summed E-state index contributed by atoms with van der Waals surface area (Å²) in [5, 5.41) is 17.9. The van der Waals surface area contributed by atoms with E-state index in [1.807, 2.05) is 6.07 Å². The van der Waals surface area contributed by atoms with Crippen LogP contribution in [-0.2, 0) is 11.7 Å². The molecule has 11 heteroatoms. The van der Waals surface area contributed by atoms with Crippen molar-refractivity contribution in [2.75, 3.05) is 17.7 Å². The van der Waals surface area contributed by atoms with Crippen LogP contribution >= 0.6 is 0 Å². The Morgan fingerprint density at radius 3 is 2.48 bits per heavy atom. The number of anilines is 3. The molecule has 2 rings (SSSR count). The van der Waals surface area contributed by atoms with Crippen LogP contribution in [0.25, 0.3) is 0 Å². The molecule has 0 unspecified atom stereocenters. The van der Waals surface area contributed by atoms with Crippen LogP contribution in [0.5, 0.6) is 0 Å². The van der Waals surface area contributed by atoms with Crippen molar-refractivity contribution in [2.24, 2.45) is 0 Å². The third kappa shape index (κ3) is 3.85. The second-order valence-electron chi connectivity index (χ2n) is 5.49. The number of hydrogen-bond donors (Lipinski definition) is 2. The predicted octanol–water partition coefficient (Wildman–Crippen LogP) is 2.10. The Labute approximate surface area is 140 Å². The van der Waals surface area contributed by atoms with Gasteiger partial charge in [0.25, 0.3) is 5.56 Å². The summed E-state index contributed by atoms with van der Waals surface area (Å²) >= 11 is 0. The summed E-state index contributed by atoms with van der Waals surface area (Å²) < 4.78 is 39.4. The average molecular weight is 353 g/mol. The fourth-order valence-corrected chi connectivity index (χ4v) is 1.91. The van der Waals surface area contributed by atoms with Gasteiger partial charge in [0.1, 0.15) is 16.9 Å². The van der Waals surface area contributed by atoms with E-state index >= 15 is 0 Å². The van der Waals surface area contributed by atoms with Crippen molar-refractivity contribution in [3.05, 3.63) is 34.4 Å². The molecule has 0 aliphatic heterocycles. The van der Waals surface area contributed by atoms with Gasteiger partial charge in [-0.2, -0.15) is 28.5 Å². The van der Waals surface area contributed by atoms with E-state index in [0.29, 0.717) is 6.20 Å². The van der Waals surface area contributed by atoms with E-state index in [9.17, 15) is 18.0 Å². The molecule has 0 fully saturated rings. The maximum absolute atomic E-state index is 12.8. The topological polar surface area (TPSA) is 109 Å². The molecule has 0 saturated heterocycles.